The van der Waals surface area contributed by atoms with E-state index in [2.05, 4.69) is 71.6 Å². The summed E-state index contributed by atoms with van der Waals surface area (Å²) in [5, 5.41) is 13.0. The number of carbonyl (C=O) groups is 1. The summed E-state index contributed by atoms with van der Waals surface area (Å²) in [6.45, 7) is 3.02. The number of nitrogens with zero attached hydrogens (tertiary/aromatic N) is 2. The molecule has 154 valence electrons. The van der Waals surface area contributed by atoms with E-state index in [0.717, 1.165) is 24.9 Å². The third-order valence-electron chi connectivity index (χ3n) is 5.93. The minimum atomic E-state index is -0.895. The van der Waals surface area contributed by atoms with Gasteiger partial charge in [-0.3, -0.25) is 4.98 Å². The van der Waals surface area contributed by atoms with E-state index in [9.17, 15) is 9.90 Å². The normalized spacial score (nSPS) is 15.5. The van der Waals surface area contributed by atoms with Crippen molar-refractivity contribution in [3.8, 4) is 0 Å². The fraction of sp³-hybridized carbons (Fsp3) is 0.280. The molecule has 3 aromatic rings. The Morgan fingerprint density at radius 3 is 2.70 bits per heavy atom. The van der Waals surface area contributed by atoms with Crippen molar-refractivity contribution in [3.63, 3.8) is 0 Å². The number of pyridine rings is 1. The van der Waals surface area contributed by atoms with Gasteiger partial charge in [0.25, 0.3) is 0 Å². The van der Waals surface area contributed by atoms with E-state index in [4.69, 9.17) is 0 Å². The van der Waals surface area contributed by atoms with E-state index in [0.29, 0.717) is 12.0 Å². The van der Waals surface area contributed by atoms with Gasteiger partial charge in [-0.15, -0.1) is 0 Å². The van der Waals surface area contributed by atoms with Gasteiger partial charge in [-0.2, -0.15) is 0 Å². The molecule has 1 aromatic heterocycles. The number of aryl methyl sites for hydroxylation is 2. The number of hydrogen-bond acceptors (Lipinski definition) is 4. The van der Waals surface area contributed by atoms with Crippen molar-refractivity contribution in [2.45, 2.75) is 32.2 Å². The Kier molecular flexibility index (Phi) is 5.81. The van der Waals surface area contributed by atoms with Crippen molar-refractivity contribution < 1.29 is 9.90 Å². The topological polar surface area (TPSA) is 65.5 Å². The maximum Gasteiger partial charge on any atom is 0.336 e. The number of benzene rings is 2. The number of nitrogens with one attached hydrogen (secondary N) is 1. The molecule has 0 aliphatic carbocycles. The van der Waals surface area contributed by atoms with E-state index in [1.54, 1.807) is 12.3 Å². The largest absolute Gasteiger partial charge is 0.478 e. The molecule has 0 bridgehead atoms. The highest BCUT2D eigenvalue weighted by molar-refractivity contribution is 5.89. The number of anilines is 2. The second-order valence-electron chi connectivity index (χ2n) is 7.91. The molecule has 0 saturated carbocycles. The Hall–Kier alpha value is -3.18. The van der Waals surface area contributed by atoms with E-state index < -0.39 is 5.97 Å². The predicted molar refractivity (Wildman–Crippen MR) is 120 cm³/mol. The van der Waals surface area contributed by atoms with Crippen molar-refractivity contribution in [1.29, 1.82) is 0 Å². The minimum Gasteiger partial charge on any atom is -0.478 e. The first-order valence-electron chi connectivity index (χ1n) is 10.4. The van der Waals surface area contributed by atoms with Crippen LogP contribution in [0.5, 0.6) is 0 Å². The first-order chi connectivity index (χ1) is 14.5. The minimum absolute atomic E-state index is 0.217. The smallest absolute Gasteiger partial charge is 0.336 e. The highest BCUT2D eigenvalue weighted by atomic mass is 16.4. The molecule has 5 nitrogen and oxygen atoms in total. The average Bonchev–Trinajstić information content (AvgIpc) is 2.77. The molecule has 1 aliphatic rings. The number of carboxylic acids is 1. The van der Waals surface area contributed by atoms with Crippen LogP contribution in [0.15, 0.2) is 60.9 Å². The van der Waals surface area contributed by atoms with Gasteiger partial charge in [-0.1, -0.05) is 23.8 Å². The fourth-order valence-electron chi connectivity index (χ4n) is 4.16. The number of hydrogen-bond donors (Lipinski definition) is 2. The third kappa shape index (κ3) is 4.21. The van der Waals surface area contributed by atoms with Crippen LogP contribution in [-0.4, -0.2) is 29.7 Å². The van der Waals surface area contributed by atoms with Gasteiger partial charge in [-0.25, -0.2) is 4.79 Å². The molecule has 2 heterocycles. The molecular weight excluding hydrogens is 374 g/mol. The van der Waals surface area contributed by atoms with E-state index in [1.807, 2.05) is 0 Å². The molecule has 2 aromatic carbocycles. The molecule has 1 atom stereocenters. The van der Waals surface area contributed by atoms with Crippen LogP contribution in [-0.2, 0) is 12.8 Å². The summed E-state index contributed by atoms with van der Waals surface area (Å²) in [5.74, 6) is -0.895. The number of aromatic carboxylic acids is 1. The molecule has 0 spiro atoms. The highest BCUT2D eigenvalue weighted by Gasteiger charge is 2.21. The molecule has 0 radical (unpaired) electrons. The molecule has 1 aliphatic heterocycles. The average molecular weight is 402 g/mol. The van der Waals surface area contributed by atoms with Gasteiger partial charge >= 0.3 is 5.97 Å². The Morgan fingerprint density at radius 2 is 1.93 bits per heavy atom. The molecule has 4 rings (SSSR count). The second-order valence-corrected chi connectivity index (χ2v) is 7.91. The molecule has 30 heavy (non-hydrogen) atoms. The van der Waals surface area contributed by atoms with Gasteiger partial charge in [0.1, 0.15) is 0 Å². The lowest BCUT2D eigenvalue weighted by molar-refractivity contribution is 0.0695. The van der Waals surface area contributed by atoms with Gasteiger partial charge in [0.15, 0.2) is 0 Å². The molecule has 0 fully saturated rings. The molecule has 0 amide bonds. The SMILES string of the molecule is Cc1ccc(N(C)c2ccc3c(c2)CCN[C@H]3CCc2cnccc2C(=O)O)cc1. The number of rotatable bonds is 6. The summed E-state index contributed by atoms with van der Waals surface area (Å²) in [6.07, 6.45) is 5.72. The summed E-state index contributed by atoms with van der Waals surface area (Å²) in [7, 11) is 2.10. The first-order valence-corrected chi connectivity index (χ1v) is 10.4. The Bertz CT molecular complexity index is 1050. The molecule has 2 N–H and O–H groups in total. The van der Waals surface area contributed by atoms with Crippen molar-refractivity contribution in [2.75, 3.05) is 18.5 Å². The van der Waals surface area contributed by atoms with Crippen LogP contribution in [0.1, 0.15) is 45.1 Å². The molecule has 0 unspecified atom stereocenters. The lowest BCUT2D eigenvalue weighted by Gasteiger charge is -2.29. The lowest BCUT2D eigenvalue weighted by Crippen LogP contribution is -2.30. The lowest BCUT2D eigenvalue weighted by atomic mass is 9.89. The number of carboxylic acid groups (broad SMARTS) is 1. The van der Waals surface area contributed by atoms with E-state index >= 15 is 0 Å². The molecule has 5 heteroatoms. The van der Waals surface area contributed by atoms with E-state index in [-0.39, 0.29) is 6.04 Å². The van der Waals surface area contributed by atoms with Gasteiger partial charge in [-0.05, 0) is 79.8 Å². The molecule has 0 saturated heterocycles. The van der Waals surface area contributed by atoms with Gasteiger partial charge in [0.05, 0.1) is 5.56 Å². The Labute approximate surface area is 177 Å². The van der Waals surface area contributed by atoms with Crippen molar-refractivity contribution in [1.82, 2.24) is 10.3 Å². The zero-order chi connectivity index (χ0) is 21.1. The van der Waals surface area contributed by atoms with Crippen molar-refractivity contribution in [2.24, 2.45) is 0 Å². The summed E-state index contributed by atoms with van der Waals surface area (Å²) < 4.78 is 0. The zero-order valence-corrected chi connectivity index (χ0v) is 17.4. The number of fused-ring (bicyclic) bond motifs is 1. The Balaban J connectivity index is 1.52. The maximum atomic E-state index is 11.5. The van der Waals surface area contributed by atoms with Crippen molar-refractivity contribution >= 4 is 17.3 Å². The van der Waals surface area contributed by atoms with Crippen LogP contribution < -0.4 is 10.2 Å². The monoisotopic (exact) mass is 401 g/mol. The van der Waals surface area contributed by atoms with Crippen LogP contribution in [0, 0.1) is 6.92 Å². The fourth-order valence-corrected chi connectivity index (χ4v) is 4.16. The third-order valence-corrected chi connectivity index (χ3v) is 5.93. The summed E-state index contributed by atoms with van der Waals surface area (Å²) in [4.78, 5) is 17.8. The Morgan fingerprint density at radius 1 is 1.17 bits per heavy atom. The van der Waals surface area contributed by atoms with Crippen LogP contribution in [0.4, 0.5) is 11.4 Å². The summed E-state index contributed by atoms with van der Waals surface area (Å²) in [6, 6.07) is 17.0. The standard InChI is InChI=1S/C25H27N3O2/c1-17-3-6-20(7-4-17)28(2)21-8-9-22-18(15-21)11-14-27-24(22)10-5-19-16-26-13-12-23(19)25(29)30/h3-4,6-9,12-13,15-16,24,27H,5,10-11,14H2,1-2H3,(H,29,30)/t24-/m0/s1. The van der Waals surface area contributed by atoms with Crippen molar-refractivity contribution in [3.05, 3.63) is 88.7 Å². The first kappa shape index (κ1) is 20.1. The van der Waals surface area contributed by atoms with E-state index in [1.165, 1.54) is 34.3 Å². The van der Waals surface area contributed by atoms with Crippen LogP contribution in [0.2, 0.25) is 0 Å². The van der Waals surface area contributed by atoms with Crippen LogP contribution in [0.3, 0.4) is 0 Å². The summed E-state index contributed by atoms with van der Waals surface area (Å²) >= 11 is 0. The number of aromatic nitrogens is 1. The van der Waals surface area contributed by atoms with Gasteiger partial charge in [0, 0.05) is 36.9 Å². The zero-order valence-electron chi connectivity index (χ0n) is 17.4. The van der Waals surface area contributed by atoms with Crippen LogP contribution >= 0.6 is 0 Å². The predicted octanol–water partition coefficient (Wildman–Crippen LogP) is 4.68. The van der Waals surface area contributed by atoms with Gasteiger partial charge in [0.2, 0.25) is 0 Å². The van der Waals surface area contributed by atoms with Gasteiger partial charge < -0.3 is 15.3 Å². The maximum absolute atomic E-state index is 11.5. The highest BCUT2D eigenvalue weighted by Crippen LogP contribution is 2.32. The van der Waals surface area contributed by atoms with Crippen LogP contribution in [0.25, 0.3) is 0 Å². The second kappa shape index (κ2) is 8.67. The summed E-state index contributed by atoms with van der Waals surface area (Å²) in [5.41, 5.74) is 7.40. The molecular formula is C25H27N3O2. The quantitative estimate of drug-likeness (QED) is 0.628.